The van der Waals surface area contributed by atoms with E-state index in [0.29, 0.717) is 5.92 Å². The number of benzene rings is 1. The first-order valence-corrected chi connectivity index (χ1v) is 5.58. The van der Waals surface area contributed by atoms with Crippen LogP contribution in [-0.4, -0.2) is 6.10 Å². The molecule has 1 aromatic rings. The van der Waals surface area contributed by atoms with Crippen LogP contribution in [0.3, 0.4) is 0 Å². The molecule has 2 atom stereocenters. The molecule has 0 aliphatic carbocycles. The molecular formula is C13H19NO. The Morgan fingerprint density at radius 3 is 2.60 bits per heavy atom. The Balaban J connectivity index is 2.60. The second-order valence-corrected chi connectivity index (χ2v) is 4.72. The van der Waals surface area contributed by atoms with E-state index in [9.17, 15) is 0 Å². The average molecular weight is 205 g/mol. The lowest BCUT2D eigenvalue weighted by atomic mass is 9.91. The van der Waals surface area contributed by atoms with Crippen LogP contribution >= 0.6 is 0 Å². The van der Waals surface area contributed by atoms with Crippen molar-refractivity contribution in [2.75, 3.05) is 0 Å². The van der Waals surface area contributed by atoms with E-state index in [4.69, 9.17) is 10.5 Å². The molecule has 15 heavy (non-hydrogen) atoms. The lowest BCUT2D eigenvalue weighted by molar-refractivity contribution is 0.227. The summed E-state index contributed by atoms with van der Waals surface area (Å²) in [5.41, 5.74) is 9.91. The molecule has 0 saturated carbocycles. The van der Waals surface area contributed by atoms with E-state index in [2.05, 4.69) is 32.9 Å². The number of hydrogen-bond donors (Lipinski definition) is 1. The van der Waals surface area contributed by atoms with Crippen molar-refractivity contribution in [3.05, 3.63) is 28.8 Å². The molecule has 0 spiro atoms. The van der Waals surface area contributed by atoms with E-state index in [0.717, 1.165) is 5.75 Å². The van der Waals surface area contributed by atoms with Gasteiger partial charge in [-0.05, 0) is 30.9 Å². The Bertz CT molecular complexity index is 384. The summed E-state index contributed by atoms with van der Waals surface area (Å²) >= 11 is 0. The summed E-state index contributed by atoms with van der Waals surface area (Å²) in [6.45, 7) is 8.50. The zero-order valence-electron chi connectivity index (χ0n) is 9.87. The highest BCUT2D eigenvalue weighted by atomic mass is 16.5. The van der Waals surface area contributed by atoms with Crippen molar-refractivity contribution in [1.29, 1.82) is 0 Å². The van der Waals surface area contributed by atoms with Gasteiger partial charge in [0.2, 0.25) is 0 Å². The molecule has 2 nitrogen and oxygen atoms in total. The number of rotatable bonds is 1. The van der Waals surface area contributed by atoms with Gasteiger partial charge in [0.25, 0.3) is 0 Å². The molecule has 0 bridgehead atoms. The summed E-state index contributed by atoms with van der Waals surface area (Å²) in [5, 5.41) is 0. The number of hydrogen-bond acceptors (Lipinski definition) is 2. The fraction of sp³-hybridized carbons (Fsp3) is 0.538. The molecule has 0 fully saturated rings. The van der Waals surface area contributed by atoms with Crippen molar-refractivity contribution in [3.8, 4) is 5.75 Å². The molecule has 0 aromatic heterocycles. The Morgan fingerprint density at radius 2 is 2.00 bits per heavy atom. The maximum absolute atomic E-state index is 6.17. The summed E-state index contributed by atoms with van der Waals surface area (Å²) < 4.78 is 5.82. The van der Waals surface area contributed by atoms with Crippen molar-refractivity contribution in [1.82, 2.24) is 0 Å². The van der Waals surface area contributed by atoms with Gasteiger partial charge in [-0.3, -0.25) is 0 Å². The van der Waals surface area contributed by atoms with Crippen LogP contribution in [0.15, 0.2) is 12.1 Å². The molecule has 2 N–H and O–H groups in total. The summed E-state index contributed by atoms with van der Waals surface area (Å²) in [7, 11) is 0. The fourth-order valence-electron chi connectivity index (χ4n) is 2.22. The first kappa shape index (κ1) is 10.5. The standard InChI is InChI=1S/C13H19NO/c1-7(2)10-6-5-8(3)13-11(10)12(14)9(4)15-13/h5-7,9,12H,14H2,1-4H3. The monoisotopic (exact) mass is 205 g/mol. The van der Waals surface area contributed by atoms with Crippen LogP contribution < -0.4 is 10.5 Å². The molecule has 1 heterocycles. The van der Waals surface area contributed by atoms with E-state index in [-0.39, 0.29) is 12.1 Å². The molecule has 2 rings (SSSR count). The summed E-state index contributed by atoms with van der Waals surface area (Å²) in [6, 6.07) is 4.33. The highest BCUT2D eigenvalue weighted by Gasteiger charge is 2.32. The lowest BCUT2D eigenvalue weighted by Crippen LogP contribution is -2.22. The van der Waals surface area contributed by atoms with Gasteiger partial charge in [0.05, 0.1) is 6.04 Å². The third-order valence-electron chi connectivity index (χ3n) is 3.19. The van der Waals surface area contributed by atoms with Crippen LogP contribution in [0.5, 0.6) is 5.75 Å². The number of ether oxygens (including phenoxy) is 1. The van der Waals surface area contributed by atoms with Gasteiger partial charge in [-0.2, -0.15) is 0 Å². The minimum atomic E-state index is 0.0253. The minimum Gasteiger partial charge on any atom is -0.488 e. The van der Waals surface area contributed by atoms with Crippen LogP contribution in [0.4, 0.5) is 0 Å². The van der Waals surface area contributed by atoms with Gasteiger partial charge in [0.1, 0.15) is 11.9 Å². The Kier molecular flexibility index (Phi) is 2.47. The van der Waals surface area contributed by atoms with Gasteiger partial charge in [-0.1, -0.05) is 26.0 Å². The molecule has 0 radical (unpaired) electrons. The predicted molar refractivity (Wildman–Crippen MR) is 62.3 cm³/mol. The average Bonchev–Trinajstić information content (AvgIpc) is 2.46. The fourth-order valence-corrected chi connectivity index (χ4v) is 2.22. The van der Waals surface area contributed by atoms with Gasteiger partial charge in [0.15, 0.2) is 0 Å². The molecule has 82 valence electrons. The summed E-state index contributed by atoms with van der Waals surface area (Å²) in [6.07, 6.45) is 0.0959. The van der Waals surface area contributed by atoms with Crippen molar-refractivity contribution < 1.29 is 4.74 Å². The zero-order valence-corrected chi connectivity index (χ0v) is 9.87. The van der Waals surface area contributed by atoms with Crippen LogP contribution in [-0.2, 0) is 0 Å². The third kappa shape index (κ3) is 1.53. The maximum Gasteiger partial charge on any atom is 0.127 e. The summed E-state index contributed by atoms with van der Waals surface area (Å²) in [5.74, 6) is 1.51. The third-order valence-corrected chi connectivity index (χ3v) is 3.19. The number of fused-ring (bicyclic) bond motifs is 1. The van der Waals surface area contributed by atoms with Gasteiger partial charge in [-0.25, -0.2) is 0 Å². The van der Waals surface area contributed by atoms with Crippen LogP contribution in [0.1, 0.15) is 49.4 Å². The Labute approximate surface area is 91.4 Å². The van der Waals surface area contributed by atoms with Gasteiger partial charge < -0.3 is 10.5 Å². The van der Waals surface area contributed by atoms with Gasteiger partial charge >= 0.3 is 0 Å². The minimum absolute atomic E-state index is 0.0253. The second-order valence-electron chi connectivity index (χ2n) is 4.72. The summed E-state index contributed by atoms with van der Waals surface area (Å²) in [4.78, 5) is 0. The van der Waals surface area contributed by atoms with Gasteiger partial charge in [0, 0.05) is 5.56 Å². The first-order chi connectivity index (χ1) is 7.02. The Morgan fingerprint density at radius 1 is 1.33 bits per heavy atom. The molecule has 0 saturated heterocycles. The van der Waals surface area contributed by atoms with Crippen LogP contribution in [0.2, 0.25) is 0 Å². The number of aryl methyl sites for hydroxylation is 1. The van der Waals surface area contributed by atoms with E-state index in [1.165, 1.54) is 16.7 Å². The quantitative estimate of drug-likeness (QED) is 0.765. The maximum atomic E-state index is 6.17. The normalized spacial score (nSPS) is 24.1. The molecule has 1 aliphatic rings. The highest BCUT2D eigenvalue weighted by molar-refractivity contribution is 5.51. The van der Waals surface area contributed by atoms with Crippen molar-refractivity contribution in [2.24, 2.45) is 5.73 Å². The highest BCUT2D eigenvalue weighted by Crippen LogP contribution is 2.42. The molecular weight excluding hydrogens is 186 g/mol. The molecule has 1 aliphatic heterocycles. The lowest BCUT2D eigenvalue weighted by Gasteiger charge is -2.14. The van der Waals surface area contributed by atoms with Crippen molar-refractivity contribution in [2.45, 2.75) is 45.8 Å². The Hall–Kier alpha value is -1.02. The van der Waals surface area contributed by atoms with E-state index < -0.39 is 0 Å². The molecule has 0 amide bonds. The van der Waals surface area contributed by atoms with E-state index in [1.807, 2.05) is 6.92 Å². The predicted octanol–water partition coefficient (Wildman–Crippen LogP) is 2.90. The number of nitrogens with two attached hydrogens (primary N) is 1. The smallest absolute Gasteiger partial charge is 0.127 e. The first-order valence-electron chi connectivity index (χ1n) is 5.58. The molecule has 2 heteroatoms. The van der Waals surface area contributed by atoms with E-state index >= 15 is 0 Å². The van der Waals surface area contributed by atoms with Crippen LogP contribution in [0.25, 0.3) is 0 Å². The molecule has 1 aromatic carbocycles. The largest absolute Gasteiger partial charge is 0.488 e. The van der Waals surface area contributed by atoms with E-state index in [1.54, 1.807) is 0 Å². The van der Waals surface area contributed by atoms with Gasteiger partial charge in [-0.15, -0.1) is 0 Å². The SMILES string of the molecule is Cc1ccc(C(C)C)c2c1OC(C)C2N. The van der Waals surface area contributed by atoms with Crippen molar-refractivity contribution >= 4 is 0 Å². The van der Waals surface area contributed by atoms with Crippen molar-refractivity contribution in [3.63, 3.8) is 0 Å². The molecule has 2 unspecified atom stereocenters. The van der Waals surface area contributed by atoms with Crippen LogP contribution in [0, 0.1) is 6.92 Å². The topological polar surface area (TPSA) is 35.2 Å². The second kappa shape index (κ2) is 3.53. The zero-order chi connectivity index (χ0) is 11.2.